The molecule has 6 heteroatoms. The Labute approximate surface area is 115 Å². The SMILES string of the molecule is COC(=O)c1cc(-c2cnccc2C)cc([N+](=O)[O-])c1. The molecule has 0 unspecified atom stereocenters. The predicted molar refractivity (Wildman–Crippen MR) is 72.4 cm³/mol. The molecule has 2 aromatic rings. The molecule has 0 fully saturated rings. The largest absolute Gasteiger partial charge is 0.465 e. The van der Waals surface area contributed by atoms with E-state index in [0.29, 0.717) is 5.56 Å². The molecule has 0 aliphatic rings. The molecule has 6 nitrogen and oxygen atoms in total. The van der Waals surface area contributed by atoms with Gasteiger partial charge in [0.2, 0.25) is 0 Å². The first-order valence-corrected chi connectivity index (χ1v) is 5.81. The Hall–Kier alpha value is -2.76. The summed E-state index contributed by atoms with van der Waals surface area (Å²) in [6.07, 6.45) is 3.24. The average molecular weight is 272 g/mol. The molecule has 0 amide bonds. The molecule has 0 N–H and O–H groups in total. The molecular formula is C14H12N2O4. The molecule has 1 aromatic carbocycles. The number of aryl methyl sites for hydroxylation is 1. The molecule has 20 heavy (non-hydrogen) atoms. The second kappa shape index (κ2) is 5.48. The number of pyridine rings is 1. The van der Waals surface area contributed by atoms with Crippen LogP contribution in [0.5, 0.6) is 0 Å². The summed E-state index contributed by atoms with van der Waals surface area (Å²) in [5.41, 5.74) is 2.19. The van der Waals surface area contributed by atoms with E-state index in [1.54, 1.807) is 24.5 Å². The zero-order chi connectivity index (χ0) is 14.7. The lowest BCUT2D eigenvalue weighted by molar-refractivity contribution is -0.384. The molecular weight excluding hydrogens is 260 g/mol. The summed E-state index contributed by atoms with van der Waals surface area (Å²) in [7, 11) is 1.23. The third-order valence-electron chi connectivity index (χ3n) is 2.90. The van der Waals surface area contributed by atoms with Crippen LogP contribution in [0.25, 0.3) is 11.1 Å². The van der Waals surface area contributed by atoms with Gasteiger partial charge in [0, 0.05) is 30.1 Å². The van der Waals surface area contributed by atoms with Gasteiger partial charge in [0.1, 0.15) is 0 Å². The van der Waals surface area contributed by atoms with Crippen molar-refractivity contribution in [3.63, 3.8) is 0 Å². The standard InChI is InChI=1S/C14H12N2O4/c1-9-3-4-15-8-13(9)10-5-11(14(17)20-2)7-12(6-10)16(18)19/h3-8H,1-2H3. The summed E-state index contributed by atoms with van der Waals surface area (Å²) in [5.74, 6) is -0.614. The van der Waals surface area contributed by atoms with Crippen LogP contribution in [0.3, 0.4) is 0 Å². The molecule has 0 atom stereocenters. The minimum Gasteiger partial charge on any atom is -0.465 e. The number of carbonyl (C=O) groups is 1. The van der Waals surface area contributed by atoms with E-state index >= 15 is 0 Å². The number of hydrogen-bond acceptors (Lipinski definition) is 5. The first-order valence-electron chi connectivity index (χ1n) is 5.81. The molecule has 0 spiro atoms. The molecule has 0 saturated heterocycles. The number of rotatable bonds is 3. The van der Waals surface area contributed by atoms with Gasteiger partial charge < -0.3 is 4.74 Å². The van der Waals surface area contributed by atoms with Gasteiger partial charge in [-0.05, 0) is 30.2 Å². The highest BCUT2D eigenvalue weighted by Crippen LogP contribution is 2.28. The molecule has 0 aliphatic heterocycles. The molecule has 0 radical (unpaired) electrons. The molecule has 2 rings (SSSR count). The number of aromatic nitrogens is 1. The van der Waals surface area contributed by atoms with Gasteiger partial charge in [-0.3, -0.25) is 15.1 Å². The summed E-state index contributed by atoms with van der Waals surface area (Å²) in [6, 6.07) is 5.96. The average Bonchev–Trinajstić information content (AvgIpc) is 2.46. The van der Waals surface area contributed by atoms with E-state index in [-0.39, 0.29) is 11.3 Å². The Morgan fingerprint density at radius 1 is 1.35 bits per heavy atom. The normalized spacial score (nSPS) is 10.1. The van der Waals surface area contributed by atoms with Gasteiger partial charge in [-0.15, -0.1) is 0 Å². The molecule has 0 aliphatic carbocycles. The summed E-state index contributed by atoms with van der Waals surface area (Å²) in [4.78, 5) is 26.0. The highest BCUT2D eigenvalue weighted by Gasteiger charge is 2.16. The third-order valence-corrected chi connectivity index (χ3v) is 2.90. The molecule has 1 heterocycles. The van der Waals surface area contributed by atoms with Crippen molar-refractivity contribution in [3.05, 3.63) is 57.9 Å². The van der Waals surface area contributed by atoms with Crippen molar-refractivity contribution in [2.75, 3.05) is 7.11 Å². The van der Waals surface area contributed by atoms with Gasteiger partial charge in [0.25, 0.3) is 5.69 Å². The third kappa shape index (κ3) is 2.64. The Morgan fingerprint density at radius 2 is 2.10 bits per heavy atom. The number of benzene rings is 1. The monoisotopic (exact) mass is 272 g/mol. The number of carbonyl (C=O) groups excluding carboxylic acids is 1. The number of hydrogen-bond donors (Lipinski definition) is 0. The zero-order valence-electron chi connectivity index (χ0n) is 11.0. The van der Waals surface area contributed by atoms with Crippen molar-refractivity contribution in [2.24, 2.45) is 0 Å². The van der Waals surface area contributed by atoms with Crippen LogP contribution in [0.4, 0.5) is 5.69 Å². The van der Waals surface area contributed by atoms with Crippen LogP contribution in [0, 0.1) is 17.0 Å². The van der Waals surface area contributed by atoms with Gasteiger partial charge in [-0.1, -0.05) is 0 Å². The van der Waals surface area contributed by atoms with Crippen molar-refractivity contribution in [1.29, 1.82) is 0 Å². The van der Waals surface area contributed by atoms with Crippen LogP contribution >= 0.6 is 0 Å². The van der Waals surface area contributed by atoms with E-state index in [0.717, 1.165) is 11.1 Å². The quantitative estimate of drug-likeness (QED) is 0.487. The lowest BCUT2D eigenvalue weighted by Crippen LogP contribution is -2.03. The minimum atomic E-state index is -0.614. The number of methoxy groups -OCH3 is 1. The molecule has 102 valence electrons. The fourth-order valence-corrected chi connectivity index (χ4v) is 1.87. The van der Waals surface area contributed by atoms with Gasteiger partial charge in [0.05, 0.1) is 17.6 Å². The fraction of sp³-hybridized carbons (Fsp3) is 0.143. The topological polar surface area (TPSA) is 82.3 Å². The summed E-state index contributed by atoms with van der Waals surface area (Å²) >= 11 is 0. The second-order valence-electron chi connectivity index (χ2n) is 4.21. The predicted octanol–water partition coefficient (Wildman–Crippen LogP) is 2.75. The van der Waals surface area contributed by atoms with Crippen LogP contribution < -0.4 is 0 Å². The highest BCUT2D eigenvalue weighted by atomic mass is 16.6. The van der Waals surface area contributed by atoms with E-state index in [4.69, 9.17) is 0 Å². The fourth-order valence-electron chi connectivity index (χ4n) is 1.87. The number of non-ortho nitro benzene ring substituents is 1. The molecule has 1 aromatic heterocycles. The summed E-state index contributed by atoms with van der Waals surface area (Å²) in [5, 5.41) is 11.0. The van der Waals surface area contributed by atoms with Crippen molar-refractivity contribution in [1.82, 2.24) is 4.98 Å². The Bertz CT molecular complexity index is 683. The zero-order valence-corrected chi connectivity index (χ0v) is 11.0. The summed E-state index contributed by atoms with van der Waals surface area (Å²) < 4.78 is 4.61. The van der Waals surface area contributed by atoms with Crippen LogP contribution in [0.15, 0.2) is 36.7 Å². The Morgan fingerprint density at radius 3 is 2.70 bits per heavy atom. The first kappa shape index (κ1) is 13.7. The molecule has 0 bridgehead atoms. The van der Waals surface area contributed by atoms with Crippen LogP contribution in [-0.4, -0.2) is 23.0 Å². The Balaban J connectivity index is 2.64. The Kier molecular flexibility index (Phi) is 3.74. The van der Waals surface area contributed by atoms with E-state index in [2.05, 4.69) is 9.72 Å². The van der Waals surface area contributed by atoms with Gasteiger partial charge >= 0.3 is 5.97 Å². The highest BCUT2D eigenvalue weighted by molar-refractivity contribution is 5.92. The van der Waals surface area contributed by atoms with E-state index in [1.807, 2.05) is 6.92 Å². The number of nitro benzene ring substituents is 1. The van der Waals surface area contributed by atoms with Crippen molar-refractivity contribution in [2.45, 2.75) is 6.92 Å². The minimum absolute atomic E-state index is 0.139. The van der Waals surface area contributed by atoms with Crippen LogP contribution in [-0.2, 0) is 4.74 Å². The number of nitro groups is 1. The van der Waals surface area contributed by atoms with Gasteiger partial charge in [0.15, 0.2) is 0 Å². The van der Waals surface area contributed by atoms with E-state index < -0.39 is 10.9 Å². The van der Waals surface area contributed by atoms with Crippen LogP contribution in [0.1, 0.15) is 15.9 Å². The number of nitrogens with zero attached hydrogens (tertiary/aromatic N) is 2. The number of ether oxygens (including phenoxy) is 1. The second-order valence-corrected chi connectivity index (χ2v) is 4.21. The van der Waals surface area contributed by atoms with E-state index in [9.17, 15) is 14.9 Å². The lowest BCUT2D eigenvalue weighted by Gasteiger charge is -2.07. The van der Waals surface area contributed by atoms with Crippen molar-refractivity contribution < 1.29 is 14.5 Å². The first-order chi connectivity index (χ1) is 9.52. The lowest BCUT2D eigenvalue weighted by atomic mass is 10.00. The van der Waals surface area contributed by atoms with Crippen molar-refractivity contribution >= 4 is 11.7 Å². The maximum atomic E-state index is 11.6. The maximum absolute atomic E-state index is 11.6. The van der Waals surface area contributed by atoms with E-state index in [1.165, 1.54) is 19.2 Å². The summed E-state index contributed by atoms with van der Waals surface area (Å²) in [6.45, 7) is 1.87. The maximum Gasteiger partial charge on any atom is 0.338 e. The smallest absolute Gasteiger partial charge is 0.338 e. The van der Waals surface area contributed by atoms with Crippen LogP contribution in [0.2, 0.25) is 0 Å². The molecule has 0 saturated carbocycles. The van der Waals surface area contributed by atoms with Crippen molar-refractivity contribution in [3.8, 4) is 11.1 Å². The van der Waals surface area contributed by atoms with Gasteiger partial charge in [-0.25, -0.2) is 4.79 Å². The van der Waals surface area contributed by atoms with Gasteiger partial charge in [-0.2, -0.15) is 0 Å². The number of esters is 1.